The lowest BCUT2D eigenvalue weighted by atomic mass is 9.99. The van der Waals surface area contributed by atoms with Crippen LogP contribution >= 0.6 is 0 Å². The third-order valence-electron chi connectivity index (χ3n) is 3.36. The van der Waals surface area contributed by atoms with Gasteiger partial charge in [0, 0.05) is 6.08 Å². The van der Waals surface area contributed by atoms with Crippen LogP contribution in [0, 0.1) is 18.4 Å². The molecule has 1 N–H and O–H groups in total. The normalized spacial score (nSPS) is 12.4. The Balaban J connectivity index is 0.000000466. The fourth-order valence-electron chi connectivity index (χ4n) is 2.07. The van der Waals surface area contributed by atoms with Gasteiger partial charge in [-0.3, -0.25) is 10.1 Å². The zero-order valence-corrected chi connectivity index (χ0v) is 14.6. The summed E-state index contributed by atoms with van der Waals surface area (Å²) in [4.78, 5) is 10.6. The Kier molecular flexibility index (Phi) is 12.5. The molecule has 0 bridgehead atoms. The largest absolute Gasteiger partial charge is 0.269 e. The van der Waals surface area contributed by atoms with Crippen molar-refractivity contribution in [3.63, 3.8) is 0 Å². The molecule has 1 aliphatic rings. The van der Waals surface area contributed by atoms with Crippen molar-refractivity contribution in [3.8, 4) is 6.19 Å². The van der Waals surface area contributed by atoms with Crippen molar-refractivity contribution in [2.75, 3.05) is 0 Å². The first-order valence-corrected chi connectivity index (χ1v) is 8.24. The highest BCUT2D eigenvalue weighted by molar-refractivity contribution is 5.88. The molecule has 2 rings (SSSR count). The number of allylic oxidation sites excluding steroid dienone is 8. The maximum Gasteiger partial charge on any atom is 0.256 e. The van der Waals surface area contributed by atoms with E-state index in [2.05, 4.69) is 56.0 Å². The van der Waals surface area contributed by atoms with Crippen molar-refractivity contribution in [1.82, 2.24) is 5.32 Å². The maximum atomic E-state index is 10.6. The van der Waals surface area contributed by atoms with Crippen LogP contribution in [0.2, 0.25) is 0 Å². The lowest BCUT2D eigenvalue weighted by Gasteiger charge is -2.06. The molecular weight excluding hydrogens is 320 g/mol. The first-order valence-electron chi connectivity index (χ1n) is 8.24. The molecule has 0 atom stereocenters. The van der Waals surface area contributed by atoms with Gasteiger partial charge in [0.25, 0.3) is 5.91 Å². The number of carbonyl (C=O) groups is 1. The van der Waals surface area contributed by atoms with Gasteiger partial charge in [-0.15, -0.1) is 6.58 Å². The molecule has 0 unspecified atom stereocenters. The van der Waals surface area contributed by atoms with Gasteiger partial charge in [-0.05, 0) is 37.3 Å². The summed E-state index contributed by atoms with van der Waals surface area (Å²) in [5.74, 6) is -0.416. The minimum absolute atomic E-state index is 0. The number of rotatable bonds is 5. The highest BCUT2D eigenvalue weighted by Crippen LogP contribution is 2.21. The van der Waals surface area contributed by atoms with Crippen LogP contribution in [-0.4, -0.2) is 5.91 Å². The monoisotopic (exact) mass is 348 g/mol. The zero-order valence-electron chi connectivity index (χ0n) is 14.6. The Bertz CT molecular complexity index is 714. The van der Waals surface area contributed by atoms with Crippen molar-refractivity contribution < 1.29 is 4.79 Å². The van der Waals surface area contributed by atoms with Crippen molar-refractivity contribution >= 4 is 11.5 Å². The summed E-state index contributed by atoms with van der Waals surface area (Å²) in [5, 5.41) is 9.99. The van der Waals surface area contributed by atoms with E-state index >= 15 is 0 Å². The van der Waals surface area contributed by atoms with Crippen LogP contribution in [0.1, 0.15) is 37.8 Å². The summed E-state index contributed by atoms with van der Waals surface area (Å²) >= 11 is 0. The highest BCUT2D eigenvalue weighted by Gasteiger charge is 1.99. The number of aryl methyl sites for hydroxylation is 1. The van der Waals surface area contributed by atoms with E-state index in [0.717, 1.165) is 6.42 Å². The highest BCUT2D eigenvalue weighted by atomic mass is 16.1. The minimum atomic E-state index is -0.416. The molecule has 0 saturated heterocycles. The molecule has 1 aromatic rings. The number of hydrogen-bond acceptors (Lipinski definition) is 2. The molecule has 0 spiro atoms. The van der Waals surface area contributed by atoms with E-state index < -0.39 is 5.91 Å². The number of carbonyl (C=O) groups excluding carboxylic acids is 1. The summed E-state index contributed by atoms with van der Waals surface area (Å²) in [6.45, 7) is 5.65. The number of nitrogens with zero attached hydrogens (tertiary/aromatic N) is 1. The predicted octanol–water partition coefficient (Wildman–Crippen LogP) is 5.64. The standard InChI is InChI=1S/C13H14.C9H10N2O.CH4/c1-11-7-9-13(10-8-11)12-5-3-2-4-6-12;1-2-3-4-5-6-7-9(12)11-8-10;/h3,5-10H,2,4H2,1H3;2,4-7H,1,3H2,(H,11,12);1H4/b;5-4+,7-6+;. The van der Waals surface area contributed by atoms with Crippen molar-refractivity contribution in [2.24, 2.45) is 0 Å². The topological polar surface area (TPSA) is 52.9 Å². The van der Waals surface area contributed by atoms with E-state index in [0.29, 0.717) is 0 Å². The van der Waals surface area contributed by atoms with Crippen LogP contribution in [0.5, 0.6) is 0 Å². The van der Waals surface area contributed by atoms with Crippen molar-refractivity contribution in [1.29, 1.82) is 5.26 Å². The van der Waals surface area contributed by atoms with E-state index in [1.807, 2.05) is 11.4 Å². The molecule has 3 nitrogen and oxygen atoms in total. The van der Waals surface area contributed by atoms with Gasteiger partial charge in [-0.2, -0.15) is 5.26 Å². The van der Waals surface area contributed by atoms with E-state index in [9.17, 15) is 4.79 Å². The molecular formula is C23H28N2O. The number of nitrogens with one attached hydrogen (secondary N) is 1. The molecule has 0 radical (unpaired) electrons. The third kappa shape index (κ3) is 9.89. The van der Waals surface area contributed by atoms with Crippen LogP contribution < -0.4 is 5.32 Å². The summed E-state index contributed by atoms with van der Waals surface area (Å²) in [7, 11) is 0. The zero-order chi connectivity index (χ0) is 18.3. The fourth-order valence-corrected chi connectivity index (χ4v) is 2.07. The predicted molar refractivity (Wildman–Crippen MR) is 111 cm³/mol. The fraction of sp³-hybridized carbons (Fsp3) is 0.217. The Morgan fingerprint density at radius 3 is 2.58 bits per heavy atom. The molecule has 1 aromatic carbocycles. The summed E-state index contributed by atoms with van der Waals surface area (Å²) in [5.41, 5.74) is 4.02. The second-order valence-corrected chi connectivity index (χ2v) is 5.42. The van der Waals surface area contributed by atoms with E-state index in [1.165, 1.54) is 41.8 Å². The maximum absolute atomic E-state index is 10.6. The first-order chi connectivity index (χ1) is 12.2. The molecule has 0 aliphatic heterocycles. The average molecular weight is 348 g/mol. The summed E-state index contributed by atoms with van der Waals surface area (Å²) in [6.07, 6.45) is 19.6. The second kappa shape index (κ2) is 14.2. The van der Waals surface area contributed by atoms with Gasteiger partial charge in [0.1, 0.15) is 0 Å². The van der Waals surface area contributed by atoms with Gasteiger partial charge >= 0.3 is 0 Å². The molecule has 0 aromatic heterocycles. The molecule has 3 heteroatoms. The quantitative estimate of drug-likeness (QED) is 0.246. The van der Waals surface area contributed by atoms with Gasteiger partial charge in [0.15, 0.2) is 6.19 Å². The van der Waals surface area contributed by atoms with Crippen LogP contribution in [0.15, 0.2) is 79.5 Å². The number of benzene rings is 1. The van der Waals surface area contributed by atoms with E-state index in [1.54, 1.807) is 18.2 Å². The Hall–Kier alpha value is -3.12. The number of amides is 1. The summed E-state index contributed by atoms with van der Waals surface area (Å²) in [6, 6.07) is 8.71. The summed E-state index contributed by atoms with van der Waals surface area (Å²) < 4.78 is 0. The average Bonchev–Trinajstić information content (AvgIpc) is 2.64. The first kappa shape index (κ1) is 22.9. The Morgan fingerprint density at radius 1 is 1.27 bits per heavy atom. The van der Waals surface area contributed by atoms with Gasteiger partial charge in [0.05, 0.1) is 0 Å². The Labute approximate surface area is 157 Å². The molecule has 1 aliphatic carbocycles. The van der Waals surface area contributed by atoms with Gasteiger partial charge in [0.2, 0.25) is 0 Å². The van der Waals surface area contributed by atoms with Crippen LogP contribution in [-0.2, 0) is 4.79 Å². The molecule has 26 heavy (non-hydrogen) atoms. The second-order valence-electron chi connectivity index (χ2n) is 5.42. The SMILES string of the molecule is C.C=CC/C=C/C=C/C(=O)NC#N.Cc1ccc(C2=CCCC=C2)cc1. The van der Waals surface area contributed by atoms with Crippen LogP contribution in [0.4, 0.5) is 0 Å². The van der Waals surface area contributed by atoms with Gasteiger partial charge < -0.3 is 0 Å². The molecule has 1 amide bonds. The molecule has 0 heterocycles. The smallest absolute Gasteiger partial charge is 0.256 e. The van der Waals surface area contributed by atoms with Crippen LogP contribution in [0.25, 0.3) is 5.57 Å². The molecule has 136 valence electrons. The molecule has 0 fully saturated rings. The van der Waals surface area contributed by atoms with Crippen molar-refractivity contribution in [3.05, 3.63) is 90.6 Å². The minimum Gasteiger partial charge on any atom is -0.269 e. The van der Waals surface area contributed by atoms with Gasteiger partial charge in [-0.1, -0.05) is 79.8 Å². The Morgan fingerprint density at radius 2 is 2.00 bits per heavy atom. The van der Waals surface area contributed by atoms with E-state index in [4.69, 9.17) is 5.26 Å². The lowest BCUT2D eigenvalue weighted by Crippen LogP contribution is -2.13. The van der Waals surface area contributed by atoms with Crippen molar-refractivity contribution in [2.45, 2.75) is 33.6 Å². The lowest BCUT2D eigenvalue weighted by molar-refractivity contribution is -0.115. The number of nitriles is 1. The molecule has 0 saturated carbocycles. The third-order valence-corrected chi connectivity index (χ3v) is 3.36. The van der Waals surface area contributed by atoms with Crippen LogP contribution in [0.3, 0.4) is 0 Å². The van der Waals surface area contributed by atoms with E-state index in [-0.39, 0.29) is 7.43 Å². The number of hydrogen-bond donors (Lipinski definition) is 1. The van der Waals surface area contributed by atoms with Gasteiger partial charge in [-0.25, -0.2) is 0 Å².